The van der Waals surface area contributed by atoms with E-state index in [1.165, 1.54) is 6.26 Å². The number of amides is 4. The van der Waals surface area contributed by atoms with Crippen molar-refractivity contribution in [3.8, 4) is 0 Å². The number of nitrogens with one attached hydrogen (secondary N) is 2. The van der Waals surface area contributed by atoms with Gasteiger partial charge < -0.3 is 25.7 Å². The van der Waals surface area contributed by atoms with Crippen LogP contribution in [0.5, 0.6) is 0 Å². The normalized spacial score (nSPS) is 14.7. The number of hydrogen-bond acceptors (Lipinski definition) is 4. The molecule has 0 bridgehead atoms. The summed E-state index contributed by atoms with van der Waals surface area (Å²) in [6.45, 7) is 1.00. The fourth-order valence-corrected chi connectivity index (χ4v) is 2.96. The summed E-state index contributed by atoms with van der Waals surface area (Å²) in [5.74, 6) is -0.125. The molecule has 0 saturated carbocycles. The zero-order chi connectivity index (χ0) is 18.5. The molecule has 1 aliphatic rings. The van der Waals surface area contributed by atoms with Gasteiger partial charge in [0.25, 0.3) is 5.91 Å². The average Bonchev–Trinajstić information content (AvgIpc) is 3.15. The van der Waals surface area contributed by atoms with E-state index in [2.05, 4.69) is 10.6 Å². The van der Waals surface area contributed by atoms with Gasteiger partial charge in [0.2, 0.25) is 5.91 Å². The van der Waals surface area contributed by atoms with Crippen molar-refractivity contribution >= 4 is 29.2 Å². The molecule has 4 amide bonds. The van der Waals surface area contributed by atoms with Crippen molar-refractivity contribution in [3.63, 3.8) is 0 Å². The highest BCUT2D eigenvalue weighted by Gasteiger charge is 2.28. The number of likely N-dealkylation sites (tertiary alicyclic amines) is 1. The first-order chi connectivity index (χ1) is 12.5. The molecule has 2 heterocycles. The van der Waals surface area contributed by atoms with Gasteiger partial charge in [-0.1, -0.05) is 6.07 Å². The van der Waals surface area contributed by atoms with Crippen LogP contribution in [0, 0.1) is 5.92 Å². The molecular weight excluding hydrogens is 336 g/mol. The Labute approximate surface area is 150 Å². The van der Waals surface area contributed by atoms with Crippen LogP contribution in [0.4, 0.5) is 16.2 Å². The number of carbonyl (C=O) groups excluding carboxylic acids is 3. The molecule has 0 aliphatic carbocycles. The lowest BCUT2D eigenvalue weighted by atomic mass is 9.95. The molecule has 26 heavy (non-hydrogen) atoms. The third kappa shape index (κ3) is 4.21. The summed E-state index contributed by atoms with van der Waals surface area (Å²) in [6.07, 6.45) is 2.63. The lowest BCUT2D eigenvalue weighted by Crippen LogP contribution is -2.41. The summed E-state index contributed by atoms with van der Waals surface area (Å²) < 4.78 is 5.13. The van der Waals surface area contributed by atoms with Gasteiger partial charge in [-0.25, -0.2) is 4.79 Å². The average molecular weight is 356 g/mol. The molecule has 4 N–H and O–H groups in total. The lowest BCUT2D eigenvalue weighted by Gasteiger charge is -2.30. The largest absolute Gasteiger partial charge is 0.459 e. The number of carbonyl (C=O) groups is 3. The Morgan fingerprint density at radius 1 is 1.04 bits per heavy atom. The Morgan fingerprint density at radius 2 is 1.73 bits per heavy atom. The Kier molecular flexibility index (Phi) is 5.21. The summed E-state index contributed by atoms with van der Waals surface area (Å²) in [7, 11) is 0. The Balaban J connectivity index is 1.54. The Hall–Kier alpha value is -3.29. The smallest absolute Gasteiger partial charge is 0.316 e. The predicted octanol–water partition coefficient (Wildman–Crippen LogP) is 2.26. The predicted molar refractivity (Wildman–Crippen MR) is 95.6 cm³/mol. The van der Waals surface area contributed by atoms with Crippen molar-refractivity contribution < 1.29 is 18.8 Å². The summed E-state index contributed by atoms with van der Waals surface area (Å²) in [4.78, 5) is 37.3. The van der Waals surface area contributed by atoms with E-state index >= 15 is 0 Å². The Bertz CT molecular complexity index is 795. The Morgan fingerprint density at radius 3 is 2.35 bits per heavy atom. The maximum Gasteiger partial charge on any atom is 0.316 e. The number of nitrogens with two attached hydrogens (primary N) is 1. The van der Waals surface area contributed by atoms with E-state index in [1.54, 1.807) is 41.3 Å². The summed E-state index contributed by atoms with van der Waals surface area (Å²) in [5.41, 5.74) is 6.18. The molecule has 1 aromatic heterocycles. The number of urea groups is 1. The van der Waals surface area contributed by atoms with Crippen LogP contribution in [-0.2, 0) is 4.79 Å². The molecule has 0 radical (unpaired) electrons. The summed E-state index contributed by atoms with van der Waals surface area (Å²) >= 11 is 0. The van der Waals surface area contributed by atoms with Gasteiger partial charge in [-0.05, 0) is 43.2 Å². The maximum atomic E-state index is 12.5. The van der Waals surface area contributed by atoms with Crippen molar-refractivity contribution in [1.82, 2.24) is 4.90 Å². The summed E-state index contributed by atoms with van der Waals surface area (Å²) in [5, 5.41) is 5.31. The minimum atomic E-state index is -0.665. The van der Waals surface area contributed by atoms with E-state index in [4.69, 9.17) is 10.2 Å². The van der Waals surface area contributed by atoms with Crippen molar-refractivity contribution in [2.24, 2.45) is 11.7 Å². The zero-order valence-electron chi connectivity index (χ0n) is 14.1. The van der Waals surface area contributed by atoms with Crippen LogP contribution in [0.15, 0.2) is 47.1 Å². The molecule has 1 fully saturated rings. The van der Waals surface area contributed by atoms with E-state index < -0.39 is 6.03 Å². The van der Waals surface area contributed by atoms with Crippen molar-refractivity contribution in [2.75, 3.05) is 23.7 Å². The second-order valence-electron chi connectivity index (χ2n) is 6.10. The molecule has 8 heteroatoms. The first-order valence-electron chi connectivity index (χ1n) is 8.33. The van der Waals surface area contributed by atoms with Crippen LogP contribution in [-0.4, -0.2) is 35.8 Å². The highest BCUT2D eigenvalue weighted by molar-refractivity contribution is 5.95. The molecule has 0 spiro atoms. The SMILES string of the molecule is NC(=O)Nc1cccc(NC(=O)C2CCN(C(=O)c3ccco3)CC2)c1. The zero-order valence-corrected chi connectivity index (χ0v) is 14.1. The van der Waals surface area contributed by atoms with Crippen molar-refractivity contribution in [1.29, 1.82) is 0 Å². The number of anilines is 2. The molecular formula is C18H20N4O4. The van der Waals surface area contributed by atoms with E-state index in [0.29, 0.717) is 43.1 Å². The molecule has 1 aliphatic heterocycles. The second-order valence-corrected chi connectivity index (χ2v) is 6.10. The van der Waals surface area contributed by atoms with Gasteiger partial charge in [0.05, 0.1) is 6.26 Å². The molecule has 136 valence electrons. The van der Waals surface area contributed by atoms with Crippen LogP contribution in [0.2, 0.25) is 0 Å². The van der Waals surface area contributed by atoms with E-state index in [0.717, 1.165) is 0 Å². The van der Waals surface area contributed by atoms with Gasteiger partial charge in [0.1, 0.15) is 0 Å². The molecule has 3 rings (SSSR count). The van der Waals surface area contributed by atoms with Crippen LogP contribution >= 0.6 is 0 Å². The quantitative estimate of drug-likeness (QED) is 0.779. The van der Waals surface area contributed by atoms with Crippen LogP contribution in [0.3, 0.4) is 0 Å². The number of hydrogen-bond donors (Lipinski definition) is 3. The molecule has 1 saturated heterocycles. The van der Waals surface area contributed by atoms with E-state index in [1.807, 2.05) is 0 Å². The van der Waals surface area contributed by atoms with E-state index in [9.17, 15) is 14.4 Å². The minimum Gasteiger partial charge on any atom is -0.459 e. The number of rotatable bonds is 4. The van der Waals surface area contributed by atoms with Crippen LogP contribution < -0.4 is 16.4 Å². The van der Waals surface area contributed by atoms with Gasteiger partial charge in [0, 0.05) is 30.4 Å². The van der Waals surface area contributed by atoms with Gasteiger partial charge in [0.15, 0.2) is 5.76 Å². The van der Waals surface area contributed by atoms with Gasteiger partial charge in [-0.3, -0.25) is 9.59 Å². The van der Waals surface area contributed by atoms with Gasteiger partial charge >= 0.3 is 6.03 Å². The molecule has 2 aromatic rings. The number of benzene rings is 1. The van der Waals surface area contributed by atoms with Crippen LogP contribution in [0.25, 0.3) is 0 Å². The number of furan rings is 1. The molecule has 0 atom stereocenters. The molecule has 1 aromatic carbocycles. The fourth-order valence-electron chi connectivity index (χ4n) is 2.96. The van der Waals surface area contributed by atoms with Crippen LogP contribution in [0.1, 0.15) is 23.4 Å². The second kappa shape index (κ2) is 7.73. The van der Waals surface area contributed by atoms with Gasteiger partial charge in [-0.15, -0.1) is 0 Å². The standard InChI is InChI=1S/C18H20N4O4/c19-18(25)21-14-4-1-3-13(11-14)20-16(23)12-6-8-22(9-7-12)17(24)15-5-2-10-26-15/h1-5,10-12H,6-9H2,(H,20,23)(H3,19,21,25). The number of piperidine rings is 1. The first kappa shape index (κ1) is 17.5. The number of nitrogens with zero attached hydrogens (tertiary/aromatic N) is 1. The van der Waals surface area contributed by atoms with Crippen molar-refractivity contribution in [2.45, 2.75) is 12.8 Å². The van der Waals surface area contributed by atoms with Crippen molar-refractivity contribution in [3.05, 3.63) is 48.4 Å². The minimum absolute atomic E-state index is 0.105. The topological polar surface area (TPSA) is 118 Å². The van der Waals surface area contributed by atoms with Gasteiger partial charge in [-0.2, -0.15) is 0 Å². The third-order valence-corrected chi connectivity index (χ3v) is 4.28. The third-order valence-electron chi connectivity index (χ3n) is 4.28. The molecule has 0 unspecified atom stereocenters. The fraction of sp³-hybridized carbons (Fsp3) is 0.278. The highest BCUT2D eigenvalue weighted by atomic mass is 16.3. The van der Waals surface area contributed by atoms with E-state index in [-0.39, 0.29) is 17.7 Å². The summed E-state index contributed by atoms with van der Waals surface area (Å²) in [6, 6.07) is 9.41. The molecule has 8 nitrogen and oxygen atoms in total. The number of primary amides is 1. The maximum absolute atomic E-state index is 12.5. The lowest BCUT2D eigenvalue weighted by molar-refractivity contribution is -0.121. The first-order valence-corrected chi connectivity index (χ1v) is 8.33. The monoisotopic (exact) mass is 356 g/mol. The highest BCUT2D eigenvalue weighted by Crippen LogP contribution is 2.22.